The molecule has 1 aliphatic rings. The van der Waals surface area contributed by atoms with Gasteiger partial charge in [0, 0.05) is 16.0 Å². The van der Waals surface area contributed by atoms with Crippen LogP contribution in [0.5, 0.6) is 0 Å². The molecule has 7 heteroatoms. The molecule has 0 radical (unpaired) electrons. The van der Waals surface area contributed by atoms with Gasteiger partial charge in [0.15, 0.2) is 0 Å². The number of thioether (sulfide) groups is 1. The second-order valence-electron chi connectivity index (χ2n) is 4.51. The Labute approximate surface area is 131 Å². The Bertz CT molecular complexity index is 534. The van der Waals surface area contributed by atoms with Crippen LogP contribution in [0.2, 0.25) is 10.0 Å². The number of halogens is 2. The first-order chi connectivity index (χ1) is 9.47. The van der Waals surface area contributed by atoms with Crippen LogP contribution in [0.3, 0.4) is 0 Å². The third kappa shape index (κ3) is 4.30. The van der Waals surface area contributed by atoms with Crippen molar-refractivity contribution in [1.29, 1.82) is 0 Å². The number of carbonyl (C=O) groups is 2. The van der Waals surface area contributed by atoms with E-state index in [2.05, 4.69) is 0 Å². The number of benzene rings is 1. The van der Waals surface area contributed by atoms with Crippen LogP contribution in [0.25, 0.3) is 0 Å². The van der Waals surface area contributed by atoms with Gasteiger partial charge in [-0.15, -0.1) is 11.8 Å². The Morgan fingerprint density at radius 2 is 2.05 bits per heavy atom. The number of carbonyl (C=O) groups excluding carboxylic acids is 1. The molecule has 1 aromatic rings. The lowest BCUT2D eigenvalue weighted by Crippen LogP contribution is -2.38. The number of hydrogen-bond acceptors (Lipinski definition) is 3. The number of aliphatic carboxylic acids is 1. The summed E-state index contributed by atoms with van der Waals surface area (Å²) in [5.41, 5.74) is 0. The summed E-state index contributed by atoms with van der Waals surface area (Å²) in [5.74, 6) is -1.02. The zero-order valence-corrected chi connectivity index (χ0v) is 12.8. The lowest BCUT2D eigenvalue weighted by Gasteiger charge is -2.20. The highest BCUT2D eigenvalue weighted by Gasteiger charge is 2.33. The molecule has 0 bridgehead atoms. The smallest absolute Gasteiger partial charge is 0.323 e. The molecule has 1 amide bonds. The summed E-state index contributed by atoms with van der Waals surface area (Å²) in [4.78, 5) is 25.0. The van der Waals surface area contributed by atoms with Crippen molar-refractivity contribution in [2.45, 2.75) is 23.8 Å². The van der Waals surface area contributed by atoms with Gasteiger partial charge in [0.05, 0.1) is 10.8 Å². The molecule has 0 saturated heterocycles. The van der Waals surface area contributed by atoms with Gasteiger partial charge in [-0.05, 0) is 31.0 Å². The fraction of sp³-hybridized carbons (Fsp3) is 0.385. The molecule has 0 atom stereocenters. The average Bonchev–Trinajstić information content (AvgIpc) is 3.20. The van der Waals surface area contributed by atoms with Crippen molar-refractivity contribution >= 4 is 46.8 Å². The first-order valence-corrected chi connectivity index (χ1v) is 7.80. The summed E-state index contributed by atoms with van der Waals surface area (Å²) in [6.07, 6.45) is 1.75. The molecule has 0 aliphatic heterocycles. The van der Waals surface area contributed by atoms with Crippen LogP contribution in [0, 0.1) is 0 Å². The number of rotatable bonds is 6. The number of nitrogens with zero attached hydrogens (tertiary/aromatic N) is 1. The average molecular weight is 334 g/mol. The highest BCUT2D eigenvalue weighted by molar-refractivity contribution is 8.00. The first kappa shape index (κ1) is 15.5. The molecule has 0 heterocycles. The standard InChI is InChI=1S/C13H13Cl2NO3S/c14-8-1-4-10(15)11(5-8)20-7-12(17)16(6-13(18)19)9-2-3-9/h1,4-5,9H,2-3,6-7H2,(H,18,19). The van der Waals surface area contributed by atoms with Gasteiger partial charge in [0.25, 0.3) is 0 Å². The van der Waals surface area contributed by atoms with Gasteiger partial charge in [-0.1, -0.05) is 23.2 Å². The summed E-state index contributed by atoms with van der Waals surface area (Å²) >= 11 is 13.2. The van der Waals surface area contributed by atoms with Crippen LogP contribution >= 0.6 is 35.0 Å². The summed E-state index contributed by atoms with van der Waals surface area (Å²) in [7, 11) is 0. The van der Waals surface area contributed by atoms with E-state index in [1.807, 2.05) is 0 Å². The maximum atomic E-state index is 12.1. The molecule has 0 spiro atoms. The molecule has 1 saturated carbocycles. The molecule has 108 valence electrons. The van der Waals surface area contributed by atoms with Gasteiger partial charge in [0.1, 0.15) is 6.54 Å². The molecule has 0 aromatic heterocycles. The minimum absolute atomic E-state index is 0.0778. The third-order valence-corrected chi connectivity index (χ3v) is 4.57. The van der Waals surface area contributed by atoms with E-state index in [1.54, 1.807) is 18.2 Å². The Kier molecular flexibility index (Phi) is 5.18. The minimum atomic E-state index is -0.990. The molecule has 20 heavy (non-hydrogen) atoms. The summed E-state index contributed by atoms with van der Waals surface area (Å²) in [5, 5.41) is 9.92. The SMILES string of the molecule is O=C(O)CN(C(=O)CSc1cc(Cl)ccc1Cl)C1CC1. The number of carboxylic acids is 1. The normalized spacial score (nSPS) is 14.1. The van der Waals surface area contributed by atoms with Crippen molar-refractivity contribution < 1.29 is 14.7 Å². The van der Waals surface area contributed by atoms with Crippen molar-refractivity contribution in [3.05, 3.63) is 28.2 Å². The quantitative estimate of drug-likeness (QED) is 0.812. The first-order valence-electron chi connectivity index (χ1n) is 6.06. The van der Waals surface area contributed by atoms with Crippen LogP contribution in [0.1, 0.15) is 12.8 Å². The predicted octanol–water partition coefficient (Wildman–Crippen LogP) is 3.16. The van der Waals surface area contributed by atoms with E-state index in [1.165, 1.54) is 16.7 Å². The van der Waals surface area contributed by atoms with E-state index in [4.69, 9.17) is 28.3 Å². The zero-order valence-electron chi connectivity index (χ0n) is 10.5. The Morgan fingerprint density at radius 3 is 2.65 bits per heavy atom. The van der Waals surface area contributed by atoms with Crippen LogP contribution in [-0.4, -0.2) is 40.2 Å². The molecule has 0 unspecified atom stereocenters. The topological polar surface area (TPSA) is 57.6 Å². The van der Waals surface area contributed by atoms with Gasteiger partial charge >= 0.3 is 5.97 Å². The molecule has 1 fully saturated rings. The molecule has 2 rings (SSSR count). The van der Waals surface area contributed by atoms with Gasteiger partial charge in [0.2, 0.25) is 5.91 Å². The van der Waals surface area contributed by atoms with Crippen LogP contribution in [0.4, 0.5) is 0 Å². The zero-order chi connectivity index (χ0) is 14.7. The van der Waals surface area contributed by atoms with E-state index >= 15 is 0 Å². The van der Waals surface area contributed by atoms with E-state index in [0.717, 1.165) is 17.7 Å². The molecular weight excluding hydrogens is 321 g/mol. The largest absolute Gasteiger partial charge is 0.480 e. The lowest BCUT2D eigenvalue weighted by molar-refractivity contribution is -0.143. The molecule has 1 N–H and O–H groups in total. The summed E-state index contributed by atoms with van der Waals surface area (Å²) < 4.78 is 0. The fourth-order valence-electron chi connectivity index (χ4n) is 1.76. The molecule has 4 nitrogen and oxygen atoms in total. The molecule has 1 aliphatic carbocycles. The van der Waals surface area contributed by atoms with Crippen LogP contribution in [0.15, 0.2) is 23.1 Å². The number of carboxylic acid groups (broad SMARTS) is 1. The number of hydrogen-bond donors (Lipinski definition) is 1. The predicted molar refractivity (Wildman–Crippen MR) is 79.6 cm³/mol. The Morgan fingerprint density at radius 1 is 1.35 bits per heavy atom. The van der Waals surface area contributed by atoms with Crippen molar-refractivity contribution in [1.82, 2.24) is 4.90 Å². The monoisotopic (exact) mass is 333 g/mol. The van der Waals surface area contributed by atoms with E-state index in [9.17, 15) is 9.59 Å². The second kappa shape index (κ2) is 6.70. The number of amides is 1. The highest BCUT2D eigenvalue weighted by Crippen LogP contribution is 2.31. The van der Waals surface area contributed by atoms with Gasteiger partial charge < -0.3 is 10.0 Å². The van der Waals surface area contributed by atoms with Crippen molar-refractivity contribution in [2.24, 2.45) is 0 Å². The maximum absolute atomic E-state index is 12.1. The van der Waals surface area contributed by atoms with Gasteiger partial charge in [-0.25, -0.2) is 0 Å². The van der Waals surface area contributed by atoms with Crippen LogP contribution in [-0.2, 0) is 9.59 Å². The Balaban J connectivity index is 1.96. The minimum Gasteiger partial charge on any atom is -0.480 e. The van der Waals surface area contributed by atoms with Crippen molar-refractivity contribution in [3.8, 4) is 0 Å². The maximum Gasteiger partial charge on any atom is 0.323 e. The fourth-order valence-corrected chi connectivity index (χ4v) is 3.14. The van der Waals surface area contributed by atoms with E-state index in [0.29, 0.717) is 10.0 Å². The summed E-state index contributed by atoms with van der Waals surface area (Å²) in [6.45, 7) is -0.243. The molecule has 1 aromatic carbocycles. The second-order valence-corrected chi connectivity index (χ2v) is 6.37. The third-order valence-electron chi connectivity index (χ3n) is 2.86. The van der Waals surface area contributed by atoms with E-state index < -0.39 is 5.97 Å². The van der Waals surface area contributed by atoms with Crippen molar-refractivity contribution in [3.63, 3.8) is 0 Å². The molecular formula is C13H13Cl2NO3S. The highest BCUT2D eigenvalue weighted by atomic mass is 35.5. The van der Waals surface area contributed by atoms with E-state index in [-0.39, 0.29) is 24.2 Å². The van der Waals surface area contributed by atoms with Crippen molar-refractivity contribution in [2.75, 3.05) is 12.3 Å². The van der Waals surface area contributed by atoms with Crippen LogP contribution < -0.4 is 0 Å². The van der Waals surface area contributed by atoms with Gasteiger partial charge in [-0.2, -0.15) is 0 Å². The summed E-state index contributed by atoms with van der Waals surface area (Å²) in [6, 6.07) is 5.12. The Hall–Kier alpha value is -0.910. The van der Waals surface area contributed by atoms with Gasteiger partial charge in [-0.3, -0.25) is 9.59 Å². The lowest BCUT2D eigenvalue weighted by atomic mass is 10.4.